The molecule has 0 saturated heterocycles. The van der Waals surface area contributed by atoms with Crippen LogP contribution in [0.3, 0.4) is 0 Å². The van der Waals surface area contributed by atoms with E-state index in [-0.39, 0.29) is 0 Å². The van der Waals surface area contributed by atoms with Gasteiger partial charge >= 0.3 is 0 Å². The topological polar surface area (TPSA) is 23.0 Å². The van der Waals surface area contributed by atoms with Crippen molar-refractivity contribution in [1.82, 2.24) is 9.13 Å². The molecule has 0 fully saturated rings. The maximum Gasteiger partial charge on any atom is 0.143 e. The van der Waals surface area contributed by atoms with Crippen LogP contribution in [-0.4, -0.2) is 9.13 Å². The lowest BCUT2D eigenvalue weighted by atomic mass is 10.0. The summed E-state index contributed by atoms with van der Waals surface area (Å²) in [5, 5.41) is 10.0. The lowest BCUT2D eigenvalue weighted by Crippen LogP contribution is -1.97. The van der Waals surface area contributed by atoms with E-state index in [9.17, 15) is 0 Å². The molecule has 0 bridgehead atoms. The second-order valence-corrected chi connectivity index (χ2v) is 14.7. The third-order valence-corrected chi connectivity index (χ3v) is 12.1. The van der Waals surface area contributed by atoms with Gasteiger partial charge in [0.15, 0.2) is 0 Å². The van der Waals surface area contributed by atoms with Gasteiger partial charge in [-0.3, -0.25) is 0 Å². The fraction of sp³-hybridized carbons (Fsp3) is 0. The van der Waals surface area contributed by atoms with Crippen LogP contribution in [0.5, 0.6) is 0 Å². The third-order valence-electron chi connectivity index (χ3n) is 10.9. The molecule has 0 amide bonds. The number of aromatic nitrogens is 2. The molecule has 0 aliphatic rings. The van der Waals surface area contributed by atoms with Crippen molar-refractivity contribution in [2.45, 2.75) is 0 Å². The van der Waals surface area contributed by atoms with Crippen LogP contribution in [0.1, 0.15) is 0 Å². The Bertz CT molecular complexity index is 3360. The third kappa shape index (κ3) is 3.79. The standard InChI is InChI=1S/C48H28N2OS/c1-5-16-40-33(10-1)34-11-2-6-17-41(34)50(40)31-24-25-39-43(28-31)49(42-27-26-38-36-13-4-8-19-45(36)52-48(38)46(39)42)30-22-20-29(21-23-30)32-14-9-15-37-35-12-3-7-18-44(35)51-47(32)37/h1-28H. The lowest BCUT2D eigenvalue weighted by Gasteiger charge is -2.12. The van der Waals surface area contributed by atoms with E-state index in [1.165, 1.54) is 63.8 Å². The molecule has 0 spiro atoms. The number of furan rings is 1. The molecule has 0 radical (unpaired) electrons. The van der Waals surface area contributed by atoms with E-state index in [4.69, 9.17) is 4.42 Å². The Morgan fingerprint density at radius 3 is 1.85 bits per heavy atom. The summed E-state index contributed by atoms with van der Waals surface area (Å²) in [7, 11) is 0. The van der Waals surface area contributed by atoms with Gasteiger partial charge in [-0.1, -0.05) is 115 Å². The molecule has 0 saturated carbocycles. The van der Waals surface area contributed by atoms with Crippen LogP contribution in [0.4, 0.5) is 0 Å². The summed E-state index contributed by atoms with van der Waals surface area (Å²) in [5.74, 6) is 0. The van der Waals surface area contributed by atoms with Crippen molar-refractivity contribution in [1.29, 1.82) is 0 Å². The molecule has 4 heteroatoms. The number of hydrogen-bond donors (Lipinski definition) is 0. The molecule has 0 unspecified atom stereocenters. The van der Waals surface area contributed by atoms with E-state index in [0.717, 1.165) is 44.4 Å². The molecular weight excluding hydrogens is 653 g/mol. The van der Waals surface area contributed by atoms with Gasteiger partial charge in [-0.25, -0.2) is 0 Å². The summed E-state index contributed by atoms with van der Waals surface area (Å²) in [6.07, 6.45) is 0. The largest absolute Gasteiger partial charge is 0.455 e. The second kappa shape index (κ2) is 10.5. The molecule has 8 aromatic carbocycles. The molecular formula is C48H28N2OS. The Hall–Kier alpha value is -6.62. The van der Waals surface area contributed by atoms with Gasteiger partial charge in [0, 0.05) is 69.4 Å². The molecule has 0 aliphatic carbocycles. The van der Waals surface area contributed by atoms with Gasteiger partial charge in [0.1, 0.15) is 11.2 Å². The molecule has 12 aromatic rings. The molecule has 0 aliphatic heterocycles. The summed E-state index contributed by atoms with van der Waals surface area (Å²) in [4.78, 5) is 0. The van der Waals surface area contributed by atoms with Crippen LogP contribution in [0.2, 0.25) is 0 Å². The van der Waals surface area contributed by atoms with Crippen LogP contribution in [0.15, 0.2) is 174 Å². The predicted octanol–water partition coefficient (Wildman–Crippen LogP) is 13.8. The minimum absolute atomic E-state index is 0.915. The van der Waals surface area contributed by atoms with Crippen molar-refractivity contribution < 1.29 is 4.42 Å². The number of benzene rings is 8. The van der Waals surface area contributed by atoms with E-state index >= 15 is 0 Å². The monoisotopic (exact) mass is 680 g/mol. The van der Waals surface area contributed by atoms with Crippen molar-refractivity contribution in [3.63, 3.8) is 0 Å². The summed E-state index contributed by atoms with van der Waals surface area (Å²) in [6, 6.07) is 61.7. The number of hydrogen-bond acceptors (Lipinski definition) is 2. The SMILES string of the molecule is c1ccc2c(c1)oc1c(-c3ccc(-n4c5cc(-n6c7ccccc7c7ccccc76)ccc5c5c6sc7ccccc7c6ccc54)cc3)cccc12. The average molecular weight is 681 g/mol. The Labute approximate surface area is 301 Å². The Morgan fingerprint density at radius 1 is 0.404 bits per heavy atom. The smallest absolute Gasteiger partial charge is 0.143 e. The Kier molecular flexibility index (Phi) is 5.65. The summed E-state index contributed by atoms with van der Waals surface area (Å²) < 4.78 is 13.9. The molecule has 3 nitrogen and oxygen atoms in total. The number of nitrogens with zero attached hydrogens (tertiary/aromatic N) is 2. The zero-order valence-corrected chi connectivity index (χ0v) is 28.7. The van der Waals surface area contributed by atoms with Gasteiger partial charge in [-0.05, 0) is 60.2 Å². The highest BCUT2D eigenvalue weighted by atomic mass is 32.1. The average Bonchev–Trinajstić information content (AvgIpc) is 3.95. The summed E-state index contributed by atoms with van der Waals surface area (Å²) in [5.41, 5.74) is 11.2. The highest BCUT2D eigenvalue weighted by Gasteiger charge is 2.20. The van der Waals surface area contributed by atoms with Crippen molar-refractivity contribution in [2.75, 3.05) is 0 Å². The number of rotatable bonds is 3. The van der Waals surface area contributed by atoms with Crippen LogP contribution >= 0.6 is 11.3 Å². The van der Waals surface area contributed by atoms with E-state index in [0.29, 0.717) is 0 Å². The van der Waals surface area contributed by atoms with Crippen molar-refractivity contribution in [3.8, 4) is 22.5 Å². The first kappa shape index (κ1) is 28.1. The molecule has 0 N–H and O–H groups in total. The minimum Gasteiger partial charge on any atom is -0.455 e. The highest BCUT2D eigenvalue weighted by molar-refractivity contribution is 7.26. The molecule has 242 valence electrons. The molecule has 12 rings (SSSR count). The summed E-state index contributed by atoms with van der Waals surface area (Å²) in [6.45, 7) is 0. The normalized spacial score (nSPS) is 12.2. The van der Waals surface area contributed by atoms with Crippen molar-refractivity contribution >= 4 is 97.1 Å². The first-order valence-corrected chi connectivity index (χ1v) is 18.5. The first-order chi connectivity index (χ1) is 25.8. The Balaban J connectivity index is 1.12. The zero-order chi connectivity index (χ0) is 33.9. The van der Waals surface area contributed by atoms with E-state index in [1.54, 1.807) is 0 Å². The predicted molar refractivity (Wildman–Crippen MR) is 221 cm³/mol. The molecule has 4 aromatic heterocycles. The quantitative estimate of drug-likeness (QED) is 0.182. The van der Waals surface area contributed by atoms with Gasteiger partial charge < -0.3 is 13.6 Å². The van der Waals surface area contributed by atoms with E-state index in [2.05, 4.69) is 167 Å². The van der Waals surface area contributed by atoms with Crippen molar-refractivity contribution in [3.05, 3.63) is 170 Å². The van der Waals surface area contributed by atoms with Crippen molar-refractivity contribution in [2.24, 2.45) is 0 Å². The van der Waals surface area contributed by atoms with Gasteiger partial charge in [0.25, 0.3) is 0 Å². The number of fused-ring (bicyclic) bond motifs is 13. The maximum atomic E-state index is 6.42. The fourth-order valence-electron chi connectivity index (χ4n) is 8.65. The van der Waals surface area contributed by atoms with E-state index < -0.39 is 0 Å². The lowest BCUT2D eigenvalue weighted by molar-refractivity contribution is 0.670. The maximum absolute atomic E-state index is 6.42. The second-order valence-electron chi connectivity index (χ2n) is 13.7. The van der Waals surface area contributed by atoms with Crippen LogP contribution < -0.4 is 0 Å². The van der Waals surface area contributed by atoms with Gasteiger partial charge in [0.05, 0.1) is 22.1 Å². The molecule has 4 heterocycles. The molecule has 52 heavy (non-hydrogen) atoms. The summed E-state index contributed by atoms with van der Waals surface area (Å²) >= 11 is 1.89. The van der Waals surface area contributed by atoms with Crippen LogP contribution in [-0.2, 0) is 0 Å². The number of para-hydroxylation sites is 4. The zero-order valence-electron chi connectivity index (χ0n) is 27.9. The van der Waals surface area contributed by atoms with Crippen LogP contribution in [0.25, 0.3) is 108 Å². The minimum atomic E-state index is 0.915. The van der Waals surface area contributed by atoms with E-state index in [1.807, 2.05) is 23.5 Å². The fourth-order valence-corrected chi connectivity index (χ4v) is 9.91. The van der Waals surface area contributed by atoms with Gasteiger partial charge in [-0.15, -0.1) is 11.3 Å². The van der Waals surface area contributed by atoms with Crippen LogP contribution in [0, 0.1) is 0 Å². The molecule has 0 atom stereocenters. The van der Waals surface area contributed by atoms with Gasteiger partial charge in [0.2, 0.25) is 0 Å². The van der Waals surface area contributed by atoms with Gasteiger partial charge in [-0.2, -0.15) is 0 Å². The Morgan fingerprint density at radius 2 is 1.04 bits per heavy atom. The first-order valence-electron chi connectivity index (χ1n) is 17.7. The number of thiophene rings is 1. The highest BCUT2D eigenvalue weighted by Crippen LogP contribution is 2.45.